The molecule has 0 spiro atoms. The Morgan fingerprint density at radius 1 is 1.37 bits per heavy atom. The van der Waals surface area contributed by atoms with Gasteiger partial charge >= 0.3 is 5.97 Å². The molecular weight excluding hydrogens is 244 g/mol. The number of benzene rings is 1. The first-order chi connectivity index (χ1) is 8.96. The normalized spacial score (nSPS) is 11.2. The highest BCUT2D eigenvalue weighted by Crippen LogP contribution is 2.34. The van der Waals surface area contributed by atoms with E-state index in [2.05, 4.69) is 20.8 Å². The lowest BCUT2D eigenvalue weighted by Gasteiger charge is -2.26. The van der Waals surface area contributed by atoms with Crippen LogP contribution < -0.4 is 4.74 Å². The summed E-state index contributed by atoms with van der Waals surface area (Å²) in [6.45, 7) is 6.14. The van der Waals surface area contributed by atoms with E-state index in [0.29, 0.717) is 5.56 Å². The molecular formula is C15H22O4. The second kappa shape index (κ2) is 6.57. The smallest absolute Gasteiger partial charge is 0.338 e. The lowest BCUT2D eigenvalue weighted by molar-refractivity contribution is 0.0433. The molecule has 1 aromatic carbocycles. The average molecular weight is 266 g/mol. The molecule has 0 aliphatic carbocycles. The van der Waals surface area contributed by atoms with Crippen LogP contribution in [-0.2, 0) is 10.2 Å². The molecule has 0 amide bonds. The van der Waals surface area contributed by atoms with E-state index in [-0.39, 0.29) is 18.6 Å². The van der Waals surface area contributed by atoms with Gasteiger partial charge < -0.3 is 14.6 Å². The van der Waals surface area contributed by atoms with Gasteiger partial charge in [0.15, 0.2) is 0 Å². The van der Waals surface area contributed by atoms with E-state index >= 15 is 0 Å². The van der Waals surface area contributed by atoms with Crippen LogP contribution in [0.1, 0.15) is 43.1 Å². The molecule has 1 N–H and O–H groups in total. The number of methoxy groups -OCH3 is 1. The van der Waals surface area contributed by atoms with Crippen LogP contribution in [0.2, 0.25) is 0 Å². The summed E-state index contributed by atoms with van der Waals surface area (Å²) in [6.07, 6.45) is 0.929. The van der Waals surface area contributed by atoms with Crippen LogP contribution >= 0.6 is 0 Å². The van der Waals surface area contributed by atoms with Gasteiger partial charge in [0.25, 0.3) is 0 Å². The summed E-state index contributed by atoms with van der Waals surface area (Å²) in [5.41, 5.74) is 1.38. The average Bonchev–Trinajstić information content (AvgIpc) is 2.43. The van der Waals surface area contributed by atoms with Gasteiger partial charge in [-0.2, -0.15) is 0 Å². The first-order valence-electron chi connectivity index (χ1n) is 6.42. The van der Waals surface area contributed by atoms with Crippen molar-refractivity contribution in [2.45, 2.75) is 32.6 Å². The Bertz CT molecular complexity index is 438. The maximum absolute atomic E-state index is 11.8. The van der Waals surface area contributed by atoms with Crippen molar-refractivity contribution in [3.05, 3.63) is 29.3 Å². The molecule has 0 atom stereocenters. The van der Waals surface area contributed by atoms with Crippen LogP contribution in [0.5, 0.6) is 5.75 Å². The Hall–Kier alpha value is -1.55. The Labute approximate surface area is 114 Å². The Kier molecular flexibility index (Phi) is 5.36. The van der Waals surface area contributed by atoms with Gasteiger partial charge in [0.1, 0.15) is 12.4 Å². The molecule has 0 bridgehead atoms. The Morgan fingerprint density at radius 2 is 2.05 bits per heavy atom. The fourth-order valence-electron chi connectivity index (χ4n) is 1.78. The molecule has 19 heavy (non-hydrogen) atoms. The van der Waals surface area contributed by atoms with Crippen molar-refractivity contribution in [2.75, 3.05) is 20.3 Å². The first-order valence-corrected chi connectivity index (χ1v) is 6.42. The quantitative estimate of drug-likeness (QED) is 0.804. The number of hydrogen-bond donors (Lipinski definition) is 1. The molecule has 0 unspecified atom stereocenters. The lowest BCUT2D eigenvalue weighted by atomic mass is 9.81. The number of hydrogen-bond acceptors (Lipinski definition) is 4. The fraction of sp³-hybridized carbons (Fsp3) is 0.533. The van der Waals surface area contributed by atoms with E-state index in [0.717, 1.165) is 17.7 Å². The SMILES string of the molecule is CCC(C)(C)c1cc(C(=O)OCCO)ccc1OC. The summed E-state index contributed by atoms with van der Waals surface area (Å²) in [5, 5.41) is 8.67. The maximum Gasteiger partial charge on any atom is 0.338 e. The highest BCUT2D eigenvalue weighted by molar-refractivity contribution is 5.90. The zero-order valence-corrected chi connectivity index (χ0v) is 12.0. The molecule has 4 nitrogen and oxygen atoms in total. The number of carbonyl (C=O) groups excluding carboxylic acids is 1. The third kappa shape index (κ3) is 3.70. The van der Waals surface area contributed by atoms with Gasteiger partial charge in [0.05, 0.1) is 19.3 Å². The molecule has 0 saturated carbocycles. The second-order valence-electron chi connectivity index (χ2n) is 5.01. The predicted molar refractivity (Wildman–Crippen MR) is 73.7 cm³/mol. The summed E-state index contributed by atoms with van der Waals surface area (Å²) in [4.78, 5) is 11.8. The highest BCUT2D eigenvalue weighted by Gasteiger charge is 2.24. The summed E-state index contributed by atoms with van der Waals surface area (Å²) >= 11 is 0. The van der Waals surface area contributed by atoms with Crippen LogP contribution in [0.15, 0.2) is 18.2 Å². The third-order valence-corrected chi connectivity index (χ3v) is 3.37. The van der Waals surface area contributed by atoms with Gasteiger partial charge in [-0.3, -0.25) is 0 Å². The predicted octanol–water partition coefficient (Wildman–Crippen LogP) is 2.53. The van der Waals surface area contributed by atoms with Gasteiger partial charge in [0.2, 0.25) is 0 Å². The molecule has 0 radical (unpaired) electrons. The number of carbonyl (C=O) groups is 1. The van der Waals surface area contributed by atoms with Crippen molar-refractivity contribution in [3.63, 3.8) is 0 Å². The molecule has 0 aliphatic rings. The van der Waals surface area contributed by atoms with E-state index < -0.39 is 5.97 Å². The third-order valence-electron chi connectivity index (χ3n) is 3.37. The van der Waals surface area contributed by atoms with Crippen molar-refractivity contribution in [1.29, 1.82) is 0 Å². The van der Waals surface area contributed by atoms with Gasteiger partial charge in [-0.15, -0.1) is 0 Å². The minimum Gasteiger partial charge on any atom is -0.496 e. The molecule has 0 fully saturated rings. The molecule has 0 aromatic heterocycles. The molecule has 0 saturated heterocycles. The Balaban J connectivity index is 3.12. The van der Waals surface area contributed by atoms with Crippen LogP contribution in [0.4, 0.5) is 0 Å². The molecule has 0 heterocycles. The van der Waals surface area contributed by atoms with Crippen molar-refractivity contribution in [3.8, 4) is 5.75 Å². The number of ether oxygens (including phenoxy) is 2. The summed E-state index contributed by atoms with van der Waals surface area (Å²) in [6, 6.07) is 5.26. The molecule has 1 aromatic rings. The zero-order chi connectivity index (χ0) is 14.5. The van der Waals surface area contributed by atoms with Gasteiger partial charge in [-0.05, 0) is 30.0 Å². The highest BCUT2D eigenvalue weighted by atomic mass is 16.5. The monoisotopic (exact) mass is 266 g/mol. The molecule has 0 aliphatic heterocycles. The minimum absolute atomic E-state index is 0.0113. The van der Waals surface area contributed by atoms with Crippen molar-refractivity contribution in [1.82, 2.24) is 0 Å². The summed E-state index contributed by atoms with van der Waals surface area (Å²) in [7, 11) is 1.62. The van der Waals surface area contributed by atoms with E-state index in [1.165, 1.54) is 0 Å². The number of rotatable bonds is 6. The largest absolute Gasteiger partial charge is 0.496 e. The van der Waals surface area contributed by atoms with E-state index in [4.69, 9.17) is 14.6 Å². The van der Waals surface area contributed by atoms with Crippen molar-refractivity contribution >= 4 is 5.97 Å². The molecule has 4 heteroatoms. The fourth-order valence-corrected chi connectivity index (χ4v) is 1.78. The molecule has 106 valence electrons. The minimum atomic E-state index is -0.426. The van der Waals surface area contributed by atoms with Gasteiger partial charge in [-0.25, -0.2) is 4.79 Å². The summed E-state index contributed by atoms with van der Waals surface area (Å²) in [5.74, 6) is 0.343. The Morgan fingerprint density at radius 3 is 2.58 bits per heavy atom. The van der Waals surface area contributed by atoms with Crippen LogP contribution in [0.3, 0.4) is 0 Å². The summed E-state index contributed by atoms with van der Waals surface area (Å²) < 4.78 is 10.3. The number of aliphatic hydroxyl groups excluding tert-OH is 1. The first kappa shape index (κ1) is 15.5. The number of esters is 1. The van der Waals surface area contributed by atoms with Crippen LogP contribution in [0.25, 0.3) is 0 Å². The maximum atomic E-state index is 11.8. The molecule has 1 rings (SSSR count). The van der Waals surface area contributed by atoms with E-state index in [1.54, 1.807) is 19.2 Å². The second-order valence-corrected chi connectivity index (χ2v) is 5.01. The van der Waals surface area contributed by atoms with E-state index in [9.17, 15) is 4.79 Å². The van der Waals surface area contributed by atoms with Crippen LogP contribution in [-0.4, -0.2) is 31.4 Å². The number of aliphatic hydroxyl groups is 1. The van der Waals surface area contributed by atoms with Crippen molar-refractivity contribution in [2.24, 2.45) is 0 Å². The van der Waals surface area contributed by atoms with Crippen molar-refractivity contribution < 1.29 is 19.4 Å². The van der Waals surface area contributed by atoms with E-state index in [1.807, 2.05) is 6.07 Å². The standard InChI is InChI=1S/C15H22O4/c1-5-15(2,3)12-10-11(6-7-13(12)18-4)14(17)19-9-8-16/h6-7,10,16H,5,8-9H2,1-4H3. The lowest BCUT2D eigenvalue weighted by Crippen LogP contribution is -2.18. The van der Waals surface area contributed by atoms with Crippen LogP contribution in [0, 0.1) is 0 Å². The zero-order valence-electron chi connectivity index (χ0n) is 12.0. The topological polar surface area (TPSA) is 55.8 Å². The van der Waals surface area contributed by atoms with Gasteiger partial charge in [-0.1, -0.05) is 20.8 Å². The van der Waals surface area contributed by atoms with Gasteiger partial charge in [0, 0.05) is 5.56 Å².